The van der Waals surface area contributed by atoms with E-state index in [1.807, 2.05) is 30.3 Å². The topological polar surface area (TPSA) is 67.9 Å². The Bertz CT molecular complexity index is 1100. The number of thiophene rings is 1. The van der Waals surface area contributed by atoms with Crippen LogP contribution in [0.5, 0.6) is 0 Å². The van der Waals surface area contributed by atoms with E-state index in [0.29, 0.717) is 18.1 Å². The van der Waals surface area contributed by atoms with Crippen LogP contribution in [0.3, 0.4) is 0 Å². The van der Waals surface area contributed by atoms with Crippen molar-refractivity contribution in [2.24, 2.45) is 0 Å². The van der Waals surface area contributed by atoms with Gasteiger partial charge in [0.1, 0.15) is 10.7 Å². The van der Waals surface area contributed by atoms with E-state index < -0.39 is 23.8 Å². The smallest absolute Gasteiger partial charge is 0.349 e. The van der Waals surface area contributed by atoms with Gasteiger partial charge < -0.3 is 19.7 Å². The van der Waals surface area contributed by atoms with Gasteiger partial charge in [0.25, 0.3) is 5.91 Å². The zero-order valence-corrected chi connectivity index (χ0v) is 18.4. The number of carbonyl (C=O) groups excluding carboxylic acids is 2. The maximum absolute atomic E-state index is 13.8. The summed E-state index contributed by atoms with van der Waals surface area (Å²) in [4.78, 5) is 27.8. The third-order valence-electron chi connectivity index (χ3n) is 5.08. The Hall–Kier alpha value is -3.23. The fourth-order valence-electron chi connectivity index (χ4n) is 3.38. The summed E-state index contributed by atoms with van der Waals surface area (Å²) in [6.45, 7) is 4.17. The van der Waals surface area contributed by atoms with E-state index in [0.717, 1.165) is 29.2 Å². The molecule has 0 radical (unpaired) electrons. The number of anilines is 2. The third kappa shape index (κ3) is 4.98. The summed E-state index contributed by atoms with van der Waals surface area (Å²) >= 11 is 1.33. The van der Waals surface area contributed by atoms with E-state index in [2.05, 4.69) is 10.2 Å². The molecule has 1 saturated heterocycles. The van der Waals surface area contributed by atoms with E-state index >= 15 is 0 Å². The number of morpholine rings is 1. The van der Waals surface area contributed by atoms with Crippen LogP contribution >= 0.6 is 11.3 Å². The van der Waals surface area contributed by atoms with Gasteiger partial charge in [0.05, 0.1) is 23.9 Å². The molecule has 1 unspecified atom stereocenters. The minimum absolute atomic E-state index is 0.0393. The largest absolute Gasteiger partial charge is 0.448 e. The first kappa shape index (κ1) is 22.0. The predicted molar refractivity (Wildman–Crippen MR) is 123 cm³/mol. The van der Waals surface area contributed by atoms with Gasteiger partial charge in [-0.05, 0) is 30.7 Å². The monoisotopic (exact) mass is 454 g/mol. The van der Waals surface area contributed by atoms with Crippen LogP contribution in [0, 0.1) is 5.82 Å². The molecule has 6 nitrogen and oxygen atoms in total. The number of hydrogen-bond donors (Lipinski definition) is 1. The van der Waals surface area contributed by atoms with Crippen molar-refractivity contribution >= 4 is 33.9 Å². The predicted octanol–water partition coefficient (Wildman–Crippen LogP) is 4.57. The first-order valence-corrected chi connectivity index (χ1v) is 11.1. The number of hydrogen-bond acceptors (Lipinski definition) is 6. The molecule has 1 N–H and O–H groups in total. The number of nitrogens with zero attached hydrogens (tertiary/aromatic N) is 1. The van der Waals surface area contributed by atoms with Gasteiger partial charge in [0.15, 0.2) is 6.10 Å². The molecule has 32 heavy (non-hydrogen) atoms. The quantitative estimate of drug-likeness (QED) is 0.553. The summed E-state index contributed by atoms with van der Waals surface area (Å²) in [5.74, 6) is -1.75. The molecule has 2 aromatic carbocycles. The van der Waals surface area contributed by atoms with Crippen LogP contribution in [0.2, 0.25) is 0 Å². The van der Waals surface area contributed by atoms with Gasteiger partial charge in [-0.1, -0.05) is 42.5 Å². The zero-order valence-electron chi connectivity index (χ0n) is 17.5. The first-order chi connectivity index (χ1) is 15.5. The second-order valence-electron chi connectivity index (χ2n) is 7.31. The summed E-state index contributed by atoms with van der Waals surface area (Å²) in [6, 6.07) is 17.5. The van der Waals surface area contributed by atoms with Crippen molar-refractivity contribution in [2.75, 3.05) is 36.5 Å². The maximum atomic E-state index is 13.8. The van der Waals surface area contributed by atoms with E-state index in [1.165, 1.54) is 36.5 Å². The van der Waals surface area contributed by atoms with Crippen LogP contribution in [-0.2, 0) is 14.3 Å². The highest BCUT2D eigenvalue weighted by Gasteiger charge is 2.25. The number of esters is 1. The average Bonchev–Trinajstić information content (AvgIpc) is 3.27. The van der Waals surface area contributed by atoms with Crippen molar-refractivity contribution in [1.82, 2.24) is 0 Å². The van der Waals surface area contributed by atoms with Gasteiger partial charge in [-0.2, -0.15) is 0 Å². The van der Waals surface area contributed by atoms with E-state index in [1.54, 1.807) is 12.1 Å². The lowest BCUT2D eigenvalue weighted by atomic mass is 10.1. The molecular formula is C24H23FN2O4S. The molecule has 1 fully saturated rings. The Labute approximate surface area is 189 Å². The third-order valence-corrected chi connectivity index (χ3v) is 6.26. The number of nitrogens with one attached hydrogen (secondary N) is 1. The van der Waals surface area contributed by atoms with Gasteiger partial charge in [0.2, 0.25) is 0 Å². The molecule has 1 aromatic heterocycles. The molecule has 0 aliphatic carbocycles. The molecule has 0 spiro atoms. The van der Waals surface area contributed by atoms with Crippen molar-refractivity contribution in [2.45, 2.75) is 13.0 Å². The highest BCUT2D eigenvalue weighted by molar-refractivity contribution is 7.18. The summed E-state index contributed by atoms with van der Waals surface area (Å²) in [6.07, 6.45) is -1.09. The Morgan fingerprint density at radius 2 is 1.78 bits per heavy atom. The van der Waals surface area contributed by atoms with Gasteiger partial charge in [-0.15, -0.1) is 11.3 Å². The molecule has 0 saturated carbocycles. The number of benzene rings is 2. The second-order valence-corrected chi connectivity index (χ2v) is 8.34. The van der Waals surface area contributed by atoms with Crippen LogP contribution in [-0.4, -0.2) is 44.3 Å². The molecule has 4 rings (SSSR count). The number of rotatable bonds is 6. The fraction of sp³-hybridized carbons (Fsp3) is 0.250. The molecule has 1 atom stereocenters. The standard InChI is InChI=1S/C24H23FN2O4S/c1-16(22(28)26-20-10-6-5-9-19(20)25)31-24(29)21-15-18(17-7-3-2-4-8-17)23(32-21)27-11-13-30-14-12-27/h2-10,15-16H,11-14H2,1H3,(H,26,28). The summed E-state index contributed by atoms with van der Waals surface area (Å²) in [7, 11) is 0. The molecule has 3 aromatic rings. The Morgan fingerprint density at radius 3 is 2.50 bits per heavy atom. The number of carbonyl (C=O) groups is 2. The Kier molecular flexibility index (Phi) is 6.82. The molecule has 1 aliphatic rings. The van der Waals surface area contributed by atoms with Crippen molar-refractivity contribution in [1.29, 1.82) is 0 Å². The average molecular weight is 455 g/mol. The minimum Gasteiger partial charge on any atom is -0.448 e. The Morgan fingerprint density at radius 1 is 1.09 bits per heavy atom. The van der Waals surface area contributed by atoms with E-state index in [9.17, 15) is 14.0 Å². The lowest BCUT2D eigenvalue weighted by molar-refractivity contribution is -0.123. The molecule has 166 valence electrons. The molecule has 1 amide bonds. The fourth-order valence-corrected chi connectivity index (χ4v) is 4.49. The lowest BCUT2D eigenvalue weighted by Crippen LogP contribution is -2.35. The normalized spacial score (nSPS) is 14.6. The molecule has 0 bridgehead atoms. The van der Waals surface area contributed by atoms with Crippen molar-refractivity contribution in [3.8, 4) is 11.1 Å². The van der Waals surface area contributed by atoms with Crippen LogP contribution in [0.25, 0.3) is 11.1 Å². The van der Waals surface area contributed by atoms with Crippen molar-refractivity contribution < 1.29 is 23.5 Å². The van der Waals surface area contributed by atoms with Crippen LogP contribution in [0.4, 0.5) is 15.1 Å². The molecular weight excluding hydrogens is 431 g/mol. The minimum atomic E-state index is -1.09. The molecule has 8 heteroatoms. The van der Waals surface area contributed by atoms with Crippen LogP contribution in [0.15, 0.2) is 60.7 Å². The maximum Gasteiger partial charge on any atom is 0.349 e. The summed E-state index contributed by atoms with van der Waals surface area (Å²) < 4.78 is 24.6. The molecule has 2 heterocycles. The highest BCUT2D eigenvalue weighted by atomic mass is 32.1. The summed E-state index contributed by atoms with van der Waals surface area (Å²) in [5, 5.41) is 3.42. The van der Waals surface area contributed by atoms with Crippen LogP contribution < -0.4 is 10.2 Å². The SMILES string of the molecule is CC(OC(=O)c1cc(-c2ccccc2)c(N2CCOCC2)s1)C(=O)Nc1ccccc1F. The summed E-state index contributed by atoms with van der Waals surface area (Å²) in [5.41, 5.74) is 1.97. The first-order valence-electron chi connectivity index (χ1n) is 10.3. The van der Waals surface area contributed by atoms with Gasteiger partial charge in [0, 0.05) is 18.7 Å². The number of para-hydroxylation sites is 1. The number of amides is 1. The van der Waals surface area contributed by atoms with E-state index in [4.69, 9.17) is 9.47 Å². The van der Waals surface area contributed by atoms with Crippen LogP contribution in [0.1, 0.15) is 16.6 Å². The van der Waals surface area contributed by atoms with E-state index in [-0.39, 0.29) is 5.69 Å². The van der Waals surface area contributed by atoms with Gasteiger partial charge >= 0.3 is 5.97 Å². The molecule has 1 aliphatic heterocycles. The number of halogens is 1. The van der Waals surface area contributed by atoms with Crippen molar-refractivity contribution in [3.05, 3.63) is 71.4 Å². The lowest BCUT2D eigenvalue weighted by Gasteiger charge is -2.28. The number of ether oxygens (including phenoxy) is 2. The zero-order chi connectivity index (χ0) is 22.5. The second kappa shape index (κ2) is 9.93. The van der Waals surface area contributed by atoms with Gasteiger partial charge in [-0.25, -0.2) is 9.18 Å². The highest BCUT2D eigenvalue weighted by Crippen LogP contribution is 2.39. The van der Waals surface area contributed by atoms with Gasteiger partial charge in [-0.3, -0.25) is 4.79 Å². The van der Waals surface area contributed by atoms with Crippen molar-refractivity contribution in [3.63, 3.8) is 0 Å². The Balaban J connectivity index is 1.52.